The minimum atomic E-state index is 0.0966. The molecule has 4 heteroatoms. The predicted molar refractivity (Wildman–Crippen MR) is 130 cm³/mol. The molecule has 0 unspecified atom stereocenters. The van der Waals surface area contributed by atoms with Crippen molar-refractivity contribution in [3.63, 3.8) is 0 Å². The topological polar surface area (TPSA) is 46.7 Å². The Balaban J connectivity index is 1.62. The molecule has 0 bridgehead atoms. The molecule has 5 aromatic rings. The molecule has 0 spiro atoms. The van der Waals surface area contributed by atoms with E-state index >= 15 is 0 Å². The third-order valence-corrected chi connectivity index (χ3v) is 5.53. The molecular formula is C29H22N2O2. The summed E-state index contributed by atoms with van der Waals surface area (Å²) in [7, 11) is 0. The van der Waals surface area contributed by atoms with Gasteiger partial charge >= 0.3 is 0 Å². The van der Waals surface area contributed by atoms with Gasteiger partial charge in [0.25, 0.3) is 0 Å². The number of benzene rings is 3. The smallest absolute Gasteiger partial charge is 0.189 e. The van der Waals surface area contributed by atoms with Gasteiger partial charge in [-0.3, -0.25) is 0 Å². The lowest BCUT2D eigenvalue weighted by atomic mass is 10.0. The van der Waals surface area contributed by atoms with E-state index in [0.717, 1.165) is 33.5 Å². The summed E-state index contributed by atoms with van der Waals surface area (Å²) in [5, 5.41) is 9.51. The molecule has 33 heavy (non-hydrogen) atoms. The molecule has 3 aromatic carbocycles. The second-order valence-electron chi connectivity index (χ2n) is 7.66. The molecule has 2 aromatic heterocycles. The molecule has 0 saturated heterocycles. The first kappa shape index (κ1) is 20.6. The summed E-state index contributed by atoms with van der Waals surface area (Å²) in [5.41, 5.74) is 6.58. The highest BCUT2D eigenvalue weighted by atomic mass is 16.7. The zero-order chi connectivity index (χ0) is 22.5. The number of fused-ring (bicyclic) bond motifs is 1. The molecule has 0 fully saturated rings. The van der Waals surface area contributed by atoms with Crippen LogP contribution in [0.4, 0.5) is 0 Å². The van der Waals surface area contributed by atoms with Crippen molar-refractivity contribution < 1.29 is 9.47 Å². The zero-order valence-corrected chi connectivity index (χ0v) is 18.0. The first-order chi connectivity index (χ1) is 16.3. The molecule has 4 nitrogen and oxygen atoms in total. The molecule has 0 aliphatic heterocycles. The third-order valence-electron chi connectivity index (χ3n) is 5.53. The standard InChI is InChI=1S/C29H22N2O2/c30-19-23-16-17-31-26(18-23)29(33-21-32-20-22-10-4-1-5-11-22)27(24-12-6-2-7-13-24)28(31)25-14-8-3-9-15-25/h1-18H,20-21H2. The van der Waals surface area contributed by atoms with Gasteiger partial charge in [0.15, 0.2) is 12.5 Å². The van der Waals surface area contributed by atoms with Crippen molar-refractivity contribution in [3.05, 3.63) is 120 Å². The summed E-state index contributed by atoms with van der Waals surface area (Å²) in [6.07, 6.45) is 1.93. The van der Waals surface area contributed by atoms with Crippen LogP contribution >= 0.6 is 0 Å². The van der Waals surface area contributed by atoms with Crippen molar-refractivity contribution in [2.75, 3.05) is 6.79 Å². The van der Waals surface area contributed by atoms with E-state index in [1.54, 1.807) is 0 Å². The van der Waals surface area contributed by atoms with Crippen LogP contribution in [0.3, 0.4) is 0 Å². The average Bonchev–Trinajstić information content (AvgIpc) is 3.21. The Kier molecular flexibility index (Phi) is 5.88. The van der Waals surface area contributed by atoms with E-state index in [-0.39, 0.29) is 6.79 Å². The fourth-order valence-corrected chi connectivity index (χ4v) is 4.03. The van der Waals surface area contributed by atoms with E-state index in [1.165, 1.54) is 0 Å². The van der Waals surface area contributed by atoms with Crippen molar-refractivity contribution in [3.8, 4) is 34.2 Å². The summed E-state index contributed by atoms with van der Waals surface area (Å²) in [5.74, 6) is 0.699. The van der Waals surface area contributed by atoms with Crippen molar-refractivity contribution >= 4 is 5.52 Å². The number of nitriles is 1. The highest BCUT2D eigenvalue weighted by Crippen LogP contribution is 2.44. The van der Waals surface area contributed by atoms with E-state index in [1.807, 2.05) is 85.1 Å². The highest BCUT2D eigenvalue weighted by Gasteiger charge is 2.22. The minimum Gasteiger partial charge on any atom is -0.465 e. The fourth-order valence-electron chi connectivity index (χ4n) is 4.03. The number of hydrogen-bond acceptors (Lipinski definition) is 3. The molecule has 0 radical (unpaired) electrons. The van der Waals surface area contributed by atoms with E-state index in [2.05, 4.69) is 34.7 Å². The highest BCUT2D eigenvalue weighted by molar-refractivity contribution is 5.94. The molecule has 0 saturated carbocycles. The van der Waals surface area contributed by atoms with Crippen LogP contribution in [0.25, 0.3) is 27.9 Å². The molecule has 0 atom stereocenters. The fraction of sp³-hybridized carbons (Fsp3) is 0.0690. The summed E-state index contributed by atoms with van der Waals surface area (Å²) in [6, 6.07) is 36.3. The predicted octanol–water partition coefficient (Wildman–Crippen LogP) is 6.70. The van der Waals surface area contributed by atoms with Crippen LogP contribution < -0.4 is 4.74 Å². The minimum absolute atomic E-state index is 0.0966. The lowest BCUT2D eigenvalue weighted by Gasteiger charge is -2.11. The number of hydrogen-bond donors (Lipinski definition) is 0. The second kappa shape index (κ2) is 9.44. The van der Waals surface area contributed by atoms with Gasteiger partial charge in [0.05, 0.1) is 35.0 Å². The van der Waals surface area contributed by atoms with Gasteiger partial charge in [-0.15, -0.1) is 0 Å². The van der Waals surface area contributed by atoms with E-state index in [0.29, 0.717) is 17.9 Å². The second-order valence-corrected chi connectivity index (χ2v) is 7.66. The number of nitrogens with zero attached hydrogens (tertiary/aromatic N) is 2. The summed E-state index contributed by atoms with van der Waals surface area (Å²) < 4.78 is 14.2. The lowest BCUT2D eigenvalue weighted by Crippen LogP contribution is -2.03. The monoisotopic (exact) mass is 430 g/mol. The summed E-state index contributed by atoms with van der Waals surface area (Å²) in [6.45, 7) is 0.557. The lowest BCUT2D eigenvalue weighted by molar-refractivity contribution is 0.00621. The first-order valence-electron chi connectivity index (χ1n) is 10.8. The van der Waals surface area contributed by atoms with Gasteiger partial charge in [-0.05, 0) is 28.8 Å². The van der Waals surface area contributed by atoms with Crippen molar-refractivity contribution in [1.29, 1.82) is 5.26 Å². The van der Waals surface area contributed by atoms with Crippen LogP contribution in [0.15, 0.2) is 109 Å². The van der Waals surface area contributed by atoms with Crippen LogP contribution in [0.1, 0.15) is 11.1 Å². The van der Waals surface area contributed by atoms with Crippen LogP contribution in [0, 0.1) is 11.3 Å². The SMILES string of the molecule is N#Cc1ccn2c(-c3ccccc3)c(-c3ccccc3)c(OCOCc3ccccc3)c2c1. The molecule has 2 heterocycles. The largest absolute Gasteiger partial charge is 0.465 e. The Morgan fingerprint density at radius 2 is 1.39 bits per heavy atom. The van der Waals surface area contributed by atoms with Crippen LogP contribution in [0.5, 0.6) is 5.75 Å². The molecule has 0 amide bonds. The first-order valence-corrected chi connectivity index (χ1v) is 10.8. The van der Waals surface area contributed by atoms with Crippen LogP contribution in [-0.2, 0) is 11.3 Å². The molecule has 0 aliphatic rings. The number of pyridine rings is 1. The maximum absolute atomic E-state index is 9.51. The Morgan fingerprint density at radius 1 is 0.758 bits per heavy atom. The molecule has 0 aliphatic carbocycles. The van der Waals surface area contributed by atoms with Gasteiger partial charge < -0.3 is 13.9 Å². The van der Waals surface area contributed by atoms with E-state index in [9.17, 15) is 5.26 Å². The van der Waals surface area contributed by atoms with Crippen molar-refractivity contribution in [1.82, 2.24) is 4.40 Å². The Hall–Kier alpha value is -4.33. The number of ether oxygens (including phenoxy) is 2. The molecule has 160 valence electrons. The quantitative estimate of drug-likeness (QED) is 0.213. The number of aromatic nitrogens is 1. The zero-order valence-electron chi connectivity index (χ0n) is 18.0. The van der Waals surface area contributed by atoms with Crippen LogP contribution in [-0.4, -0.2) is 11.2 Å². The van der Waals surface area contributed by atoms with Gasteiger partial charge in [-0.2, -0.15) is 5.26 Å². The number of rotatable bonds is 7. The van der Waals surface area contributed by atoms with Crippen LogP contribution in [0.2, 0.25) is 0 Å². The van der Waals surface area contributed by atoms with Gasteiger partial charge in [0, 0.05) is 6.20 Å². The van der Waals surface area contributed by atoms with Crippen molar-refractivity contribution in [2.45, 2.75) is 6.61 Å². The van der Waals surface area contributed by atoms with E-state index in [4.69, 9.17) is 9.47 Å². The third kappa shape index (κ3) is 4.23. The summed E-state index contributed by atoms with van der Waals surface area (Å²) in [4.78, 5) is 0. The molecular weight excluding hydrogens is 408 g/mol. The average molecular weight is 431 g/mol. The maximum atomic E-state index is 9.51. The van der Waals surface area contributed by atoms with E-state index < -0.39 is 0 Å². The Labute approximate surface area is 192 Å². The van der Waals surface area contributed by atoms with Crippen molar-refractivity contribution in [2.24, 2.45) is 0 Å². The normalized spacial score (nSPS) is 10.8. The molecule has 0 N–H and O–H groups in total. The van der Waals surface area contributed by atoms with Gasteiger partial charge in [-0.25, -0.2) is 0 Å². The summed E-state index contributed by atoms with van der Waals surface area (Å²) >= 11 is 0. The Bertz CT molecular complexity index is 1400. The Morgan fingerprint density at radius 3 is 2.06 bits per heavy atom. The maximum Gasteiger partial charge on any atom is 0.189 e. The van der Waals surface area contributed by atoms with Gasteiger partial charge in [-0.1, -0.05) is 91.0 Å². The van der Waals surface area contributed by atoms with Gasteiger partial charge in [0.2, 0.25) is 0 Å². The van der Waals surface area contributed by atoms with Gasteiger partial charge in [0.1, 0.15) is 0 Å². The molecule has 5 rings (SSSR count).